The molecule has 1 aliphatic rings. The average Bonchev–Trinajstić information content (AvgIpc) is 3.58. The molecule has 292 valence electrons. The highest BCUT2D eigenvalue weighted by atomic mass is 32.2. The van der Waals surface area contributed by atoms with Gasteiger partial charge in [0.2, 0.25) is 11.8 Å². The number of nitrogens with one attached hydrogen (secondary N) is 3. The van der Waals surface area contributed by atoms with Crippen LogP contribution in [0.3, 0.4) is 0 Å². The van der Waals surface area contributed by atoms with Crippen molar-refractivity contribution < 1.29 is 38.6 Å². The van der Waals surface area contributed by atoms with Crippen LogP contribution in [0.2, 0.25) is 0 Å². The number of phenols is 1. The van der Waals surface area contributed by atoms with Crippen LogP contribution in [0.25, 0.3) is 6.08 Å². The molecule has 0 spiro atoms. The summed E-state index contributed by atoms with van der Waals surface area (Å²) in [4.78, 5) is 69.9. The molecule has 1 aromatic heterocycles. The van der Waals surface area contributed by atoms with Gasteiger partial charge in [-0.25, -0.2) is 4.79 Å². The van der Waals surface area contributed by atoms with E-state index in [0.29, 0.717) is 57.3 Å². The Kier molecular flexibility index (Phi) is 13.1. The molecule has 4 N–H and O–H groups in total. The number of anilines is 2. The standard InChI is InChI=1S/C43H40N4O8S2/c1-4-55-43(53)37-33-20-21-47(26(2)48)25-36(33)57-42(37)46-41(52)38(27-12-7-5-8-13-27)56-32-17-11-16-30(23-32)44-40(51)34(45-39(50)28-14-9-6-10-15-28)22-29-18-19-31(49)24-35(29)54-3/h5-19,22-24,38,49H,4,20-21,25H2,1-3H3,(H,44,51)(H,45,50)(H,46,52)/b34-22+. The molecule has 12 nitrogen and oxygen atoms in total. The van der Waals surface area contributed by atoms with E-state index in [1.807, 2.05) is 36.4 Å². The molecule has 0 radical (unpaired) electrons. The highest BCUT2D eigenvalue weighted by molar-refractivity contribution is 8.00. The summed E-state index contributed by atoms with van der Waals surface area (Å²) in [6.07, 6.45) is 1.91. The van der Waals surface area contributed by atoms with Gasteiger partial charge in [-0.3, -0.25) is 19.2 Å². The van der Waals surface area contributed by atoms with E-state index in [-0.39, 0.29) is 35.6 Å². The van der Waals surface area contributed by atoms with Crippen molar-refractivity contribution in [2.24, 2.45) is 0 Å². The Labute approximate surface area is 337 Å². The molecular weight excluding hydrogens is 765 g/mol. The predicted octanol–water partition coefficient (Wildman–Crippen LogP) is 7.43. The number of thioether (sulfide) groups is 1. The smallest absolute Gasteiger partial charge is 0.341 e. The van der Waals surface area contributed by atoms with E-state index >= 15 is 0 Å². The molecule has 1 aliphatic heterocycles. The molecule has 6 rings (SSSR count). The summed E-state index contributed by atoms with van der Waals surface area (Å²) < 4.78 is 10.8. The summed E-state index contributed by atoms with van der Waals surface area (Å²) in [7, 11) is 1.43. The number of amides is 4. The second kappa shape index (κ2) is 18.5. The van der Waals surface area contributed by atoms with Gasteiger partial charge in [0.15, 0.2) is 0 Å². The average molecular weight is 805 g/mol. The number of esters is 1. The first kappa shape index (κ1) is 40.3. The zero-order valence-electron chi connectivity index (χ0n) is 31.4. The Hall–Kier alpha value is -6.38. The van der Waals surface area contributed by atoms with E-state index in [4.69, 9.17) is 9.47 Å². The third-order valence-corrected chi connectivity index (χ3v) is 11.3. The maximum absolute atomic E-state index is 14.3. The molecule has 0 saturated heterocycles. The zero-order chi connectivity index (χ0) is 40.5. The van der Waals surface area contributed by atoms with Crippen molar-refractivity contribution in [2.45, 2.75) is 37.0 Å². The monoisotopic (exact) mass is 804 g/mol. The van der Waals surface area contributed by atoms with Crippen molar-refractivity contribution in [2.75, 3.05) is 30.9 Å². The number of phenolic OH excluding ortho intramolecular Hbond substituents is 1. The lowest BCUT2D eigenvalue weighted by Crippen LogP contribution is -2.34. The molecule has 4 amide bonds. The molecule has 1 atom stereocenters. The molecule has 4 aromatic carbocycles. The number of rotatable bonds is 13. The minimum atomic E-state index is -0.789. The third kappa shape index (κ3) is 9.90. The summed E-state index contributed by atoms with van der Waals surface area (Å²) in [5.41, 5.74) is 2.86. The quantitative estimate of drug-likeness (QED) is 0.0539. The molecule has 2 heterocycles. The maximum atomic E-state index is 14.3. The van der Waals surface area contributed by atoms with Crippen molar-refractivity contribution >= 4 is 69.5 Å². The molecule has 14 heteroatoms. The minimum Gasteiger partial charge on any atom is -0.508 e. The van der Waals surface area contributed by atoms with Gasteiger partial charge in [0.05, 0.1) is 25.8 Å². The normalized spacial score (nSPS) is 12.8. The summed E-state index contributed by atoms with van der Waals surface area (Å²) in [6, 6.07) is 29.0. The van der Waals surface area contributed by atoms with Gasteiger partial charge in [-0.2, -0.15) is 0 Å². The predicted molar refractivity (Wildman–Crippen MR) is 220 cm³/mol. The number of carbonyl (C=O) groups excluding carboxylic acids is 5. The van der Waals surface area contributed by atoms with Crippen LogP contribution in [0.5, 0.6) is 11.5 Å². The van der Waals surface area contributed by atoms with Crippen LogP contribution in [-0.4, -0.2) is 59.9 Å². The SMILES string of the molecule is CCOC(=O)c1c(NC(=O)C(Sc2cccc(NC(=O)/C(=C\c3ccc(O)cc3OC)NC(=O)c3ccccc3)c2)c2ccccc2)sc2c1CCN(C(C)=O)C2. The fourth-order valence-electron chi connectivity index (χ4n) is 6.16. The largest absolute Gasteiger partial charge is 0.508 e. The molecule has 0 saturated carbocycles. The summed E-state index contributed by atoms with van der Waals surface area (Å²) in [5.74, 6) is -1.88. The number of methoxy groups -OCH3 is 1. The van der Waals surface area contributed by atoms with Crippen LogP contribution >= 0.6 is 23.1 Å². The van der Waals surface area contributed by atoms with Crippen molar-refractivity contribution in [1.82, 2.24) is 10.2 Å². The zero-order valence-corrected chi connectivity index (χ0v) is 33.0. The topological polar surface area (TPSA) is 163 Å². The lowest BCUT2D eigenvalue weighted by Gasteiger charge is -2.25. The Balaban J connectivity index is 1.27. The van der Waals surface area contributed by atoms with Crippen molar-refractivity contribution in [3.05, 3.63) is 142 Å². The number of hydrogen-bond donors (Lipinski definition) is 4. The van der Waals surface area contributed by atoms with Crippen molar-refractivity contribution in [3.63, 3.8) is 0 Å². The summed E-state index contributed by atoms with van der Waals surface area (Å²) >= 11 is 2.51. The number of ether oxygens (including phenoxy) is 2. The van der Waals surface area contributed by atoms with Gasteiger partial charge in [-0.15, -0.1) is 23.1 Å². The Morgan fingerprint density at radius 1 is 0.930 bits per heavy atom. The fraction of sp³-hybridized carbons (Fsp3) is 0.186. The van der Waals surface area contributed by atoms with Crippen LogP contribution in [0.4, 0.5) is 10.7 Å². The number of nitrogens with zero attached hydrogens (tertiary/aromatic N) is 1. The Bertz CT molecular complexity index is 2330. The number of aromatic hydroxyl groups is 1. The van der Waals surface area contributed by atoms with Gasteiger partial charge in [0.25, 0.3) is 11.8 Å². The van der Waals surface area contributed by atoms with Crippen LogP contribution in [0, 0.1) is 0 Å². The molecule has 1 unspecified atom stereocenters. The fourth-order valence-corrected chi connectivity index (χ4v) is 8.49. The molecule has 0 fully saturated rings. The summed E-state index contributed by atoms with van der Waals surface area (Å²) in [5, 5.41) is 18.1. The highest BCUT2D eigenvalue weighted by Gasteiger charge is 2.32. The van der Waals surface area contributed by atoms with Crippen LogP contribution in [0.15, 0.2) is 114 Å². The number of carbonyl (C=O) groups is 5. The van der Waals surface area contributed by atoms with E-state index in [0.717, 1.165) is 10.4 Å². The van der Waals surface area contributed by atoms with E-state index in [1.54, 1.807) is 66.4 Å². The van der Waals surface area contributed by atoms with Gasteiger partial charge in [-0.1, -0.05) is 54.6 Å². The summed E-state index contributed by atoms with van der Waals surface area (Å²) in [6.45, 7) is 4.17. The third-order valence-electron chi connectivity index (χ3n) is 8.95. The first-order valence-corrected chi connectivity index (χ1v) is 19.7. The first-order valence-electron chi connectivity index (χ1n) is 18.0. The van der Waals surface area contributed by atoms with E-state index in [2.05, 4.69) is 16.0 Å². The Morgan fingerprint density at radius 3 is 2.37 bits per heavy atom. The lowest BCUT2D eigenvalue weighted by atomic mass is 10.0. The lowest BCUT2D eigenvalue weighted by molar-refractivity contribution is -0.129. The minimum absolute atomic E-state index is 0.0323. The first-order chi connectivity index (χ1) is 27.5. The van der Waals surface area contributed by atoms with Gasteiger partial charge >= 0.3 is 5.97 Å². The molecule has 0 aliphatic carbocycles. The molecular formula is C43H40N4O8S2. The highest BCUT2D eigenvalue weighted by Crippen LogP contribution is 2.41. The van der Waals surface area contributed by atoms with Gasteiger partial charge in [-0.05, 0) is 73.0 Å². The van der Waals surface area contributed by atoms with Crippen molar-refractivity contribution in [3.8, 4) is 11.5 Å². The van der Waals surface area contributed by atoms with E-state index < -0.39 is 23.0 Å². The van der Waals surface area contributed by atoms with Crippen LogP contribution in [0.1, 0.15) is 61.4 Å². The van der Waals surface area contributed by atoms with Crippen molar-refractivity contribution in [1.29, 1.82) is 0 Å². The number of hydrogen-bond acceptors (Lipinski definition) is 10. The molecule has 5 aromatic rings. The maximum Gasteiger partial charge on any atom is 0.341 e. The number of fused-ring (bicyclic) bond motifs is 1. The van der Waals surface area contributed by atoms with Gasteiger partial charge in [0, 0.05) is 46.1 Å². The number of benzene rings is 4. The Morgan fingerprint density at radius 2 is 1.67 bits per heavy atom. The second-order valence-corrected chi connectivity index (χ2v) is 15.1. The van der Waals surface area contributed by atoms with Crippen LogP contribution < -0.4 is 20.7 Å². The van der Waals surface area contributed by atoms with Crippen LogP contribution in [-0.2, 0) is 32.1 Å². The van der Waals surface area contributed by atoms with E-state index in [9.17, 15) is 29.1 Å². The molecule has 0 bridgehead atoms. The molecule has 57 heavy (non-hydrogen) atoms. The van der Waals surface area contributed by atoms with Gasteiger partial charge < -0.3 is 35.4 Å². The second-order valence-electron chi connectivity index (χ2n) is 12.8. The number of thiophene rings is 1. The van der Waals surface area contributed by atoms with E-state index in [1.165, 1.54) is 55.3 Å². The van der Waals surface area contributed by atoms with Gasteiger partial charge in [0.1, 0.15) is 27.4 Å².